The minimum absolute atomic E-state index is 0.447. The minimum atomic E-state index is 0.447. The van der Waals surface area contributed by atoms with Gasteiger partial charge >= 0.3 is 0 Å². The van der Waals surface area contributed by atoms with Crippen LogP contribution in [0.4, 0.5) is 0 Å². The van der Waals surface area contributed by atoms with E-state index in [1.54, 1.807) is 11.1 Å². The first kappa shape index (κ1) is 10.1. The molecule has 0 radical (unpaired) electrons. The summed E-state index contributed by atoms with van der Waals surface area (Å²) in [5, 5.41) is 2.98. The van der Waals surface area contributed by atoms with E-state index in [4.69, 9.17) is 0 Å². The lowest BCUT2D eigenvalue weighted by atomic mass is 9.97. The summed E-state index contributed by atoms with van der Waals surface area (Å²) >= 11 is 3.72. The number of allylic oxidation sites excluding steroid dienone is 2. The highest BCUT2D eigenvalue weighted by atomic mass is 79.9. The van der Waals surface area contributed by atoms with Crippen LogP contribution in [0.5, 0.6) is 0 Å². The van der Waals surface area contributed by atoms with Crippen molar-refractivity contribution in [2.75, 3.05) is 0 Å². The summed E-state index contributed by atoms with van der Waals surface area (Å²) in [6.45, 7) is 2.42. The maximum absolute atomic E-state index is 3.72. The van der Waals surface area contributed by atoms with Gasteiger partial charge in [0.05, 0.1) is 0 Å². The van der Waals surface area contributed by atoms with E-state index in [-0.39, 0.29) is 0 Å². The molecule has 17 heavy (non-hydrogen) atoms. The average Bonchev–Trinajstić information content (AvgIpc) is 2.88. The molecule has 4 rings (SSSR count). The molecule has 0 spiro atoms. The molecule has 0 nitrogen and oxygen atoms in total. The van der Waals surface area contributed by atoms with Crippen LogP contribution < -0.4 is 10.4 Å². The van der Waals surface area contributed by atoms with E-state index in [0.29, 0.717) is 5.41 Å². The van der Waals surface area contributed by atoms with E-state index < -0.39 is 0 Å². The number of hydrogen-bond donors (Lipinski definition) is 0. The minimum Gasteiger partial charge on any atom is -0.0839 e. The molecule has 2 unspecified atom stereocenters. The number of hydrogen-bond acceptors (Lipinski definition) is 0. The van der Waals surface area contributed by atoms with Gasteiger partial charge in [-0.05, 0) is 52.8 Å². The van der Waals surface area contributed by atoms with Gasteiger partial charge in [-0.2, -0.15) is 0 Å². The van der Waals surface area contributed by atoms with Gasteiger partial charge in [0.25, 0.3) is 0 Å². The molecule has 0 amide bonds. The van der Waals surface area contributed by atoms with Gasteiger partial charge in [0, 0.05) is 9.89 Å². The van der Waals surface area contributed by atoms with Crippen molar-refractivity contribution in [3.63, 3.8) is 0 Å². The highest BCUT2D eigenvalue weighted by molar-refractivity contribution is 9.10. The van der Waals surface area contributed by atoms with Gasteiger partial charge in [0.15, 0.2) is 0 Å². The van der Waals surface area contributed by atoms with Crippen molar-refractivity contribution in [1.82, 2.24) is 0 Å². The van der Waals surface area contributed by atoms with Gasteiger partial charge in [-0.1, -0.05) is 47.1 Å². The molecule has 0 saturated heterocycles. The van der Waals surface area contributed by atoms with Gasteiger partial charge in [0.2, 0.25) is 0 Å². The molecule has 3 aliphatic carbocycles. The summed E-state index contributed by atoms with van der Waals surface area (Å²) in [6, 6.07) is 4.57. The zero-order valence-electron chi connectivity index (χ0n) is 9.96. The Morgan fingerprint density at radius 2 is 2.18 bits per heavy atom. The Labute approximate surface area is 110 Å². The van der Waals surface area contributed by atoms with E-state index in [0.717, 1.165) is 12.3 Å². The number of rotatable bonds is 0. The van der Waals surface area contributed by atoms with E-state index >= 15 is 0 Å². The standard InChI is InChI=1S/C16H15Br/c1-16-9-13(16)10-5-3-2-4-6-11-14(17)8-7-12(16)15(10)11/h3,5-8,13H,2,4,9H2,1H3. The Hall–Kier alpha value is -0.820. The predicted octanol–water partition coefficient (Wildman–Crippen LogP) is 3.02. The quantitative estimate of drug-likeness (QED) is 0.688. The fourth-order valence-corrected chi connectivity index (χ4v) is 4.10. The van der Waals surface area contributed by atoms with Gasteiger partial charge in [-0.15, -0.1) is 0 Å². The van der Waals surface area contributed by atoms with Gasteiger partial charge < -0.3 is 0 Å². The Bertz CT molecular complexity index is 666. The van der Waals surface area contributed by atoms with Crippen LogP contribution in [-0.4, -0.2) is 0 Å². The second-order valence-electron chi connectivity index (χ2n) is 5.70. The van der Waals surface area contributed by atoms with Gasteiger partial charge in [-0.3, -0.25) is 0 Å². The molecule has 3 aliphatic rings. The molecule has 1 aromatic rings. The Balaban J connectivity index is 2.21. The lowest BCUT2D eigenvalue weighted by Crippen LogP contribution is -2.31. The van der Waals surface area contributed by atoms with Crippen molar-refractivity contribution in [3.05, 3.63) is 44.8 Å². The molecule has 1 fully saturated rings. The second kappa shape index (κ2) is 3.14. The van der Waals surface area contributed by atoms with E-state index in [9.17, 15) is 0 Å². The molecule has 0 N–H and O–H groups in total. The third-order valence-corrected chi connectivity index (χ3v) is 5.38. The fourth-order valence-electron chi connectivity index (χ4n) is 3.60. The molecule has 86 valence electrons. The number of benzene rings is 1. The van der Waals surface area contributed by atoms with E-state index in [1.165, 1.54) is 27.8 Å². The molecule has 0 aliphatic heterocycles. The van der Waals surface area contributed by atoms with E-state index in [2.05, 4.69) is 53.2 Å². The summed E-state index contributed by atoms with van der Waals surface area (Å²) in [7, 11) is 0. The highest BCUT2D eigenvalue weighted by Gasteiger charge is 2.56. The first-order valence-electron chi connectivity index (χ1n) is 6.42. The molecule has 1 saturated carbocycles. The van der Waals surface area contributed by atoms with Gasteiger partial charge in [-0.25, -0.2) is 0 Å². The summed E-state index contributed by atoms with van der Waals surface area (Å²) in [6.07, 6.45) is 10.8. The zero-order chi connectivity index (χ0) is 11.6. The maximum atomic E-state index is 3.72. The third kappa shape index (κ3) is 1.18. The van der Waals surface area contributed by atoms with Crippen LogP contribution in [0.2, 0.25) is 0 Å². The molecular weight excluding hydrogens is 272 g/mol. The first-order valence-corrected chi connectivity index (χ1v) is 7.21. The highest BCUT2D eigenvalue weighted by Crippen LogP contribution is 2.60. The van der Waals surface area contributed by atoms with Crippen molar-refractivity contribution in [3.8, 4) is 0 Å². The molecule has 0 heterocycles. The molecular formula is C16H15Br. The average molecular weight is 287 g/mol. The topological polar surface area (TPSA) is 0 Å². The van der Waals surface area contributed by atoms with Crippen LogP contribution in [-0.2, 0) is 5.41 Å². The predicted molar refractivity (Wildman–Crippen MR) is 75.1 cm³/mol. The lowest BCUT2D eigenvalue weighted by Gasteiger charge is -2.08. The van der Waals surface area contributed by atoms with Gasteiger partial charge in [0.1, 0.15) is 0 Å². The summed E-state index contributed by atoms with van der Waals surface area (Å²) in [5.41, 5.74) is 3.62. The summed E-state index contributed by atoms with van der Waals surface area (Å²) < 4.78 is 1.26. The SMILES string of the molecule is CC12CC1C1=c3c2ccc(Br)c3=CCCC=C1. The molecule has 1 aromatic carbocycles. The van der Waals surface area contributed by atoms with Crippen LogP contribution in [0.3, 0.4) is 0 Å². The maximum Gasteiger partial charge on any atom is 0.0250 e. The van der Waals surface area contributed by atoms with Crippen molar-refractivity contribution in [2.24, 2.45) is 5.92 Å². The smallest absolute Gasteiger partial charge is 0.0250 e. The van der Waals surface area contributed by atoms with Crippen molar-refractivity contribution in [2.45, 2.75) is 31.6 Å². The first-order chi connectivity index (χ1) is 8.22. The van der Waals surface area contributed by atoms with Crippen molar-refractivity contribution in [1.29, 1.82) is 0 Å². The summed E-state index contributed by atoms with van der Waals surface area (Å²) in [5.74, 6) is 0.785. The van der Waals surface area contributed by atoms with Crippen LogP contribution >= 0.6 is 15.9 Å². The largest absolute Gasteiger partial charge is 0.0839 e. The summed E-state index contributed by atoms with van der Waals surface area (Å²) in [4.78, 5) is 0. The normalized spacial score (nSPS) is 32.4. The van der Waals surface area contributed by atoms with Crippen LogP contribution in [0, 0.1) is 5.92 Å². The monoisotopic (exact) mass is 286 g/mol. The lowest BCUT2D eigenvalue weighted by molar-refractivity contribution is 0.760. The third-order valence-electron chi connectivity index (χ3n) is 4.69. The van der Waals surface area contributed by atoms with Crippen LogP contribution in [0.25, 0.3) is 11.6 Å². The van der Waals surface area contributed by atoms with E-state index in [1.807, 2.05) is 0 Å². The molecule has 2 atom stereocenters. The zero-order valence-corrected chi connectivity index (χ0v) is 11.5. The Kier molecular flexibility index (Phi) is 1.87. The van der Waals surface area contributed by atoms with Crippen molar-refractivity contribution >= 4 is 27.6 Å². The number of halogens is 1. The fraction of sp³-hybridized carbons (Fsp3) is 0.375. The molecule has 0 bridgehead atoms. The Morgan fingerprint density at radius 3 is 3.06 bits per heavy atom. The van der Waals surface area contributed by atoms with Crippen LogP contribution in [0.15, 0.2) is 28.8 Å². The molecule has 1 heteroatoms. The van der Waals surface area contributed by atoms with Crippen molar-refractivity contribution < 1.29 is 0 Å². The Morgan fingerprint density at radius 1 is 1.29 bits per heavy atom. The number of fused-ring (bicyclic) bond motifs is 3. The van der Waals surface area contributed by atoms with Crippen LogP contribution in [0.1, 0.15) is 31.7 Å². The second-order valence-corrected chi connectivity index (χ2v) is 6.55. The molecule has 0 aromatic heterocycles.